The molecule has 1 unspecified atom stereocenters. The number of aromatic nitrogens is 2. The highest BCUT2D eigenvalue weighted by molar-refractivity contribution is 7.80. The van der Waals surface area contributed by atoms with Gasteiger partial charge in [0.1, 0.15) is 5.82 Å². The van der Waals surface area contributed by atoms with Crippen LogP contribution in [0.4, 0.5) is 0 Å². The van der Waals surface area contributed by atoms with Crippen LogP contribution in [0.25, 0.3) is 0 Å². The third-order valence-corrected chi connectivity index (χ3v) is 3.03. The van der Waals surface area contributed by atoms with Crippen molar-refractivity contribution in [3.63, 3.8) is 0 Å². The molecule has 84 valence electrons. The average Bonchev–Trinajstić information content (AvgIpc) is 2.59. The molecule has 0 aromatic carbocycles. The molecule has 0 amide bonds. The lowest BCUT2D eigenvalue weighted by Crippen LogP contribution is -2.40. The molecule has 0 saturated carbocycles. The zero-order valence-electron chi connectivity index (χ0n) is 9.47. The third-order valence-electron chi connectivity index (χ3n) is 2.69. The number of hydrogen-bond donors (Lipinski definition) is 1. The number of thiocarbonyl (C=S) groups is 1. The summed E-state index contributed by atoms with van der Waals surface area (Å²) in [4.78, 5) is 6.85. The molecule has 1 rings (SSSR count). The molecule has 0 bridgehead atoms. The lowest BCUT2D eigenvalue weighted by Gasteiger charge is -2.23. The number of hydrogen-bond acceptors (Lipinski definition) is 3. The number of nitrogens with two attached hydrogens (primary N) is 1. The van der Waals surface area contributed by atoms with Gasteiger partial charge in [-0.2, -0.15) is 0 Å². The van der Waals surface area contributed by atoms with E-state index in [9.17, 15) is 0 Å². The van der Waals surface area contributed by atoms with E-state index < -0.39 is 0 Å². The van der Waals surface area contributed by atoms with Crippen LogP contribution in [0, 0.1) is 6.92 Å². The van der Waals surface area contributed by atoms with Gasteiger partial charge in [-0.05, 0) is 20.9 Å². The van der Waals surface area contributed by atoms with Crippen molar-refractivity contribution < 1.29 is 0 Å². The molecule has 15 heavy (non-hydrogen) atoms. The maximum atomic E-state index is 5.59. The van der Waals surface area contributed by atoms with E-state index in [1.807, 2.05) is 33.3 Å². The predicted molar refractivity (Wildman–Crippen MR) is 65.8 cm³/mol. The van der Waals surface area contributed by atoms with Crippen molar-refractivity contribution in [2.75, 3.05) is 13.6 Å². The number of likely N-dealkylation sites (N-methyl/N-ethyl adjacent to an activating group) is 1. The van der Waals surface area contributed by atoms with Crippen LogP contribution < -0.4 is 5.73 Å². The lowest BCUT2D eigenvalue weighted by molar-refractivity contribution is 0.297. The van der Waals surface area contributed by atoms with Crippen LogP contribution in [-0.2, 0) is 6.54 Å². The molecule has 1 atom stereocenters. The normalized spacial score (nSPS) is 13.1. The Kier molecular flexibility index (Phi) is 4.23. The number of imidazole rings is 1. The molecule has 5 heteroatoms. The smallest absolute Gasteiger partial charge is 0.105 e. The standard InChI is InChI=1S/C10H18N4S/c1-8(10(11)15)13(3)6-7-14-5-4-12-9(14)2/h4-5,8H,6-7H2,1-3H3,(H2,11,15). The van der Waals surface area contributed by atoms with E-state index in [0.29, 0.717) is 4.99 Å². The molecule has 1 aromatic rings. The van der Waals surface area contributed by atoms with Crippen LogP contribution in [0.3, 0.4) is 0 Å². The fraction of sp³-hybridized carbons (Fsp3) is 0.600. The zero-order chi connectivity index (χ0) is 11.4. The van der Waals surface area contributed by atoms with Gasteiger partial charge in [0.2, 0.25) is 0 Å². The Morgan fingerprint density at radius 3 is 2.87 bits per heavy atom. The van der Waals surface area contributed by atoms with E-state index in [1.165, 1.54) is 0 Å². The SMILES string of the molecule is Cc1nccn1CCN(C)C(C)C(N)=S. The third kappa shape index (κ3) is 3.28. The highest BCUT2D eigenvalue weighted by Gasteiger charge is 2.11. The van der Waals surface area contributed by atoms with Crippen molar-refractivity contribution in [3.05, 3.63) is 18.2 Å². The number of aryl methyl sites for hydroxylation is 1. The molecule has 1 aromatic heterocycles. The molecule has 0 aliphatic carbocycles. The van der Waals surface area contributed by atoms with Gasteiger partial charge in [0, 0.05) is 25.5 Å². The zero-order valence-corrected chi connectivity index (χ0v) is 10.3. The number of nitrogens with zero attached hydrogens (tertiary/aromatic N) is 3. The average molecular weight is 226 g/mol. The van der Waals surface area contributed by atoms with Crippen molar-refractivity contribution >= 4 is 17.2 Å². The molecule has 0 radical (unpaired) electrons. The van der Waals surface area contributed by atoms with E-state index in [1.54, 1.807) is 0 Å². The quantitative estimate of drug-likeness (QED) is 0.754. The summed E-state index contributed by atoms with van der Waals surface area (Å²) in [5, 5.41) is 0. The fourth-order valence-electron chi connectivity index (χ4n) is 1.32. The Bertz CT molecular complexity index is 334. The van der Waals surface area contributed by atoms with Crippen LogP contribution in [0.2, 0.25) is 0 Å². The van der Waals surface area contributed by atoms with Gasteiger partial charge in [-0.25, -0.2) is 4.98 Å². The molecule has 0 aliphatic heterocycles. The first-order valence-electron chi connectivity index (χ1n) is 4.99. The van der Waals surface area contributed by atoms with Crippen LogP contribution in [-0.4, -0.2) is 39.1 Å². The summed E-state index contributed by atoms with van der Waals surface area (Å²) in [5.74, 6) is 1.03. The Balaban J connectivity index is 2.44. The highest BCUT2D eigenvalue weighted by atomic mass is 32.1. The summed E-state index contributed by atoms with van der Waals surface area (Å²) in [6, 6.07) is 0.142. The van der Waals surface area contributed by atoms with Crippen LogP contribution >= 0.6 is 12.2 Å². The molecular formula is C10H18N4S. The predicted octanol–water partition coefficient (Wildman–Crippen LogP) is 0.798. The van der Waals surface area contributed by atoms with Gasteiger partial charge >= 0.3 is 0 Å². The minimum atomic E-state index is 0.142. The topological polar surface area (TPSA) is 47.1 Å². The number of rotatable bonds is 5. The van der Waals surface area contributed by atoms with Crippen molar-refractivity contribution in [3.8, 4) is 0 Å². The highest BCUT2D eigenvalue weighted by Crippen LogP contribution is 1.99. The molecule has 1 heterocycles. The van der Waals surface area contributed by atoms with Crippen molar-refractivity contribution in [1.29, 1.82) is 0 Å². The van der Waals surface area contributed by atoms with Gasteiger partial charge in [0.05, 0.1) is 11.0 Å². The Labute approximate surface area is 96.1 Å². The largest absolute Gasteiger partial charge is 0.392 e. The van der Waals surface area contributed by atoms with E-state index in [0.717, 1.165) is 18.9 Å². The maximum absolute atomic E-state index is 5.59. The fourth-order valence-corrected chi connectivity index (χ4v) is 1.50. The van der Waals surface area contributed by atoms with E-state index in [-0.39, 0.29) is 6.04 Å². The summed E-state index contributed by atoms with van der Waals surface area (Å²) in [6.07, 6.45) is 3.79. The Morgan fingerprint density at radius 2 is 2.40 bits per heavy atom. The van der Waals surface area contributed by atoms with Crippen molar-refractivity contribution in [2.24, 2.45) is 5.73 Å². The second-order valence-corrected chi connectivity index (χ2v) is 4.20. The van der Waals surface area contributed by atoms with Gasteiger partial charge in [-0.3, -0.25) is 4.90 Å². The summed E-state index contributed by atoms with van der Waals surface area (Å²) >= 11 is 4.95. The van der Waals surface area contributed by atoms with Crippen molar-refractivity contribution in [1.82, 2.24) is 14.5 Å². The van der Waals surface area contributed by atoms with Crippen molar-refractivity contribution in [2.45, 2.75) is 26.4 Å². The van der Waals surface area contributed by atoms with E-state index >= 15 is 0 Å². The van der Waals surface area contributed by atoms with E-state index in [2.05, 4.69) is 14.5 Å². The molecule has 0 spiro atoms. The second kappa shape index (κ2) is 5.23. The molecule has 4 nitrogen and oxygen atoms in total. The summed E-state index contributed by atoms with van der Waals surface area (Å²) in [5.41, 5.74) is 5.59. The van der Waals surface area contributed by atoms with E-state index in [4.69, 9.17) is 18.0 Å². The second-order valence-electron chi connectivity index (χ2n) is 3.73. The summed E-state index contributed by atoms with van der Waals surface area (Å²) in [7, 11) is 2.02. The van der Waals surface area contributed by atoms with Gasteiger partial charge < -0.3 is 10.3 Å². The molecule has 0 saturated heterocycles. The molecular weight excluding hydrogens is 208 g/mol. The van der Waals surface area contributed by atoms with Gasteiger partial charge in [0.15, 0.2) is 0 Å². The van der Waals surface area contributed by atoms with Gasteiger partial charge in [-0.1, -0.05) is 12.2 Å². The van der Waals surface area contributed by atoms with Crippen LogP contribution in [0.1, 0.15) is 12.7 Å². The minimum Gasteiger partial charge on any atom is -0.392 e. The Hall–Kier alpha value is -0.940. The van der Waals surface area contributed by atoms with Crippen LogP contribution in [0.5, 0.6) is 0 Å². The molecule has 2 N–H and O–H groups in total. The molecule has 0 aliphatic rings. The Morgan fingerprint density at radius 1 is 1.73 bits per heavy atom. The summed E-state index contributed by atoms with van der Waals surface area (Å²) < 4.78 is 2.11. The van der Waals surface area contributed by atoms with Gasteiger partial charge in [-0.15, -0.1) is 0 Å². The summed E-state index contributed by atoms with van der Waals surface area (Å²) in [6.45, 7) is 5.84. The maximum Gasteiger partial charge on any atom is 0.105 e. The van der Waals surface area contributed by atoms with Crippen LogP contribution in [0.15, 0.2) is 12.4 Å². The lowest BCUT2D eigenvalue weighted by atomic mass is 10.3. The molecule has 0 fully saturated rings. The minimum absolute atomic E-state index is 0.142. The first-order valence-corrected chi connectivity index (χ1v) is 5.40. The van der Waals surface area contributed by atoms with Gasteiger partial charge in [0.25, 0.3) is 0 Å². The first kappa shape index (κ1) is 12.1. The monoisotopic (exact) mass is 226 g/mol. The first-order chi connectivity index (χ1) is 7.02.